The van der Waals surface area contributed by atoms with E-state index in [2.05, 4.69) is 5.32 Å². The molecule has 2 amide bonds. The summed E-state index contributed by atoms with van der Waals surface area (Å²) < 4.78 is 28.8. The standard InChI is InChI=1S/C30H35Cl2N3O4S/c1-4-5-18-33-30(37)23(3)34(19-17-24-9-7-6-8-10-24)29(36)21-35(28-20-25(31)13-16-27(28)32)40(38,39)26-14-11-22(2)12-15-26/h6-16,20,23H,4-5,17-19,21H2,1-3H3,(H,33,37). The minimum atomic E-state index is -4.23. The summed E-state index contributed by atoms with van der Waals surface area (Å²) >= 11 is 12.7. The molecule has 0 bridgehead atoms. The molecule has 0 saturated carbocycles. The van der Waals surface area contributed by atoms with Crippen LogP contribution in [-0.4, -0.2) is 50.8 Å². The Balaban J connectivity index is 1.99. The van der Waals surface area contributed by atoms with E-state index < -0.39 is 28.5 Å². The molecule has 3 aromatic carbocycles. The van der Waals surface area contributed by atoms with E-state index in [4.69, 9.17) is 23.2 Å². The van der Waals surface area contributed by atoms with Crippen LogP contribution in [0.5, 0.6) is 0 Å². The average molecular weight is 605 g/mol. The summed E-state index contributed by atoms with van der Waals surface area (Å²) in [5.41, 5.74) is 1.95. The number of nitrogens with one attached hydrogen (secondary N) is 1. The number of carbonyl (C=O) groups is 2. The topological polar surface area (TPSA) is 86.8 Å². The van der Waals surface area contributed by atoms with E-state index in [-0.39, 0.29) is 33.1 Å². The van der Waals surface area contributed by atoms with Gasteiger partial charge < -0.3 is 10.2 Å². The molecular formula is C30H35Cl2N3O4S. The fraction of sp³-hybridized carbons (Fsp3) is 0.333. The molecule has 0 fully saturated rings. The molecule has 0 aliphatic carbocycles. The Morgan fingerprint density at radius 3 is 2.30 bits per heavy atom. The lowest BCUT2D eigenvalue weighted by Gasteiger charge is -2.32. The van der Waals surface area contributed by atoms with Crippen molar-refractivity contribution in [1.82, 2.24) is 10.2 Å². The molecule has 40 heavy (non-hydrogen) atoms. The van der Waals surface area contributed by atoms with Gasteiger partial charge in [-0.15, -0.1) is 0 Å². The number of benzene rings is 3. The van der Waals surface area contributed by atoms with Crippen LogP contribution in [-0.2, 0) is 26.0 Å². The summed E-state index contributed by atoms with van der Waals surface area (Å²) in [5.74, 6) is -0.843. The van der Waals surface area contributed by atoms with Gasteiger partial charge in [0, 0.05) is 18.1 Å². The molecule has 7 nitrogen and oxygen atoms in total. The first kappa shape index (κ1) is 31.5. The van der Waals surface area contributed by atoms with Gasteiger partial charge in [0.2, 0.25) is 11.8 Å². The molecule has 0 aromatic heterocycles. The number of hydrogen-bond acceptors (Lipinski definition) is 4. The van der Waals surface area contributed by atoms with Crippen LogP contribution in [0.1, 0.15) is 37.8 Å². The summed E-state index contributed by atoms with van der Waals surface area (Å²) in [6.45, 7) is 5.66. The fourth-order valence-electron chi connectivity index (χ4n) is 4.13. The van der Waals surface area contributed by atoms with Gasteiger partial charge >= 0.3 is 0 Å². The van der Waals surface area contributed by atoms with E-state index in [0.29, 0.717) is 13.0 Å². The molecule has 0 saturated heterocycles. The van der Waals surface area contributed by atoms with Gasteiger partial charge in [0.05, 0.1) is 15.6 Å². The maximum Gasteiger partial charge on any atom is 0.264 e. The van der Waals surface area contributed by atoms with E-state index in [9.17, 15) is 18.0 Å². The van der Waals surface area contributed by atoms with Gasteiger partial charge in [-0.25, -0.2) is 8.42 Å². The molecule has 10 heteroatoms. The predicted octanol–water partition coefficient (Wildman–Crippen LogP) is 5.87. The minimum absolute atomic E-state index is 0.00290. The van der Waals surface area contributed by atoms with Crippen molar-refractivity contribution in [3.05, 3.63) is 94.0 Å². The number of unbranched alkanes of at least 4 members (excludes halogenated alkanes) is 1. The molecule has 0 heterocycles. The van der Waals surface area contributed by atoms with Crippen molar-refractivity contribution in [1.29, 1.82) is 0 Å². The first-order valence-electron chi connectivity index (χ1n) is 13.2. The summed E-state index contributed by atoms with van der Waals surface area (Å²) in [6, 6.07) is 19.5. The molecule has 1 unspecified atom stereocenters. The van der Waals surface area contributed by atoms with Crippen molar-refractivity contribution in [2.45, 2.75) is 51.0 Å². The number of hydrogen-bond donors (Lipinski definition) is 1. The van der Waals surface area contributed by atoms with Crippen LogP contribution in [0.4, 0.5) is 5.69 Å². The Morgan fingerprint density at radius 1 is 0.975 bits per heavy atom. The Morgan fingerprint density at radius 2 is 1.65 bits per heavy atom. The van der Waals surface area contributed by atoms with E-state index >= 15 is 0 Å². The number of carbonyl (C=O) groups excluding carboxylic acids is 2. The van der Waals surface area contributed by atoms with Crippen molar-refractivity contribution in [3.8, 4) is 0 Å². The lowest BCUT2D eigenvalue weighted by Crippen LogP contribution is -2.52. The number of anilines is 1. The third-order valence-electron chi connectivity index (χ3n) is 6.55. The van der Waals surface area contributed by atoms with Gasteiger partial charge in [0.25, 0.3) is 10.0 Å². The van der Waals surface area contributed by atoms with Crippen molar-refractivity contribution in [3.63, 3.8) is 0 Å². The molecular weight excluding hydrogens is 569 g/mol. The molecule has 214 valence electrons. The summed E-state index contributed by atoms with van der Waals surface area (Å²) in [4.78, 5) is 28.3. The molecule has 1 atom stereocenters. The monoisotopic (exact) mass is 603 g/mol. The maximum atomic E-state index is 13.9. The lowest BCUT2D eigenvalue weighted by atomic mass is 10.1. The highest BCUT2D eigenvalue weighted by atomic mass is 35.5. The first-order valence-corrected chi connectivity index (χ1v) is 15.4. The van der Waals surface area contributed by atoms with Crippen molar-refractivity contribution in [2.24, 2.45) is 0 Å². The molecule has 0 radical (unpaired) electrons. The van der Waals surface area contributed by atoms with E-state index in [1.807, 2.05) is 44.2 Å². The predicted molar refractivity (Wildman–Crippen MR) is 161 cm³/mol. The van der Waals surface area contributed by atoms with Crippen molar-refractivity contribution in [2.75, 3.05) is 23.9 Å². The van der Waals surface area contributed by atoms with E-state index in [0.717, 1.165) is 28.3 Å². The fourth-order valence-corrected chi connectivity index (χ4v) is 5.99. The summed E-state index contributed by atoms with van der Waals surface area (Å²) in [5, 5.41) is 3.26. The van der Waals surface area contributed by atoms with Crippen molar-refractivity contribution >= 4 is 50.7 Å². The van der Waals surface area contributed by atoms with Crippen LogP contribution in [0.3, 0.4) is 0 Å². The first-order chi connectivity index (χ1) is 19.0. The third kappa shape index (κ3) is 8.22. The van der Waals surface area contributed by atoms with Crippen molar-refractivity contribution < 1.29 is 18.0 Å². The van der Waals surface area contributed by atoms with Crippen LogP contribution < -0.4 is 9.62 Å². The maximum absolute atomic E-state index is 13.9. The van der Waals surface area contributed by atoms with E-state index in [1.165, 1.54) is 29.2 Å². The zero-order valence-corrected chi connectivity index (χ0v) is 25.3. The second kappa shape index (κ2) is 14.5. The number of aryl methyl sites for hydroxylation is 1. The molecule has 0 aliphatic heterocycles. The van der Waals surface area contributed by atoms with Gasteiger partial charge in [-0.05, 0) is 62.6 Å². The highest BCUT2D eigenvalue weighted by Crippen LogP contribution is 2.33. The highest BCUT2D eigenvalue weighted by Gasteiger charge is 2.33. The smallest absolute Gasteiger partial charge is 0.264 e. The van der Waals surface area contributed by atoms with Gasteiger partial charge in [0.15, 0.2) is 0 Å². The van der Waals surface area contributed by atoms with Crippen LogP contribution in [0.15, 0.2) is 77.7 Å². The Labute approximate surface area is 247 Å². The Bertz CT molecular complexity index is 1400. The van der Waals surface area contributed by atoms with Gasteiger partial charge in [-0.3, -0.25) is 13.9 Å². The number of rotatable bonds is 13. The zero-order valence-electron chi connectivity index (χ0n) is 22.9. The molecule has 3 rings (SSSR count). The van der Waals surface area contributed by atoms with Gasteiger partial charge in [-0.1, -0.05) is 84.6 Å². The summed E-state index contributed by atoms with van der Waals surface area (Å²) in [7, 11) is -4.23. The number of halogens is 2. The SMILES string of the molecule is CCCCNC(=O)C(C)N(CCc1ccccc1)C(=O)CN(c1cc(Cl)ccc1Cl)S(=O)(=O)c1ccc(C)cc1. The number of amides is 2. The van der Waals surface area contributed by atoms with Crippen LogP contribution in [0.2, 0.25) is 10.0 Å². The number of nitrogens with zero attached hydrogens (tertiary/aromatic N) is 2. The molecule has 3 aromatic rings. The lowest BCUT2D eigenvalue weighted by molar-refractivity contribution is -0.138. The largest absolute Gasteiger partial charge is 0.354 e. The molecule has 0 aliphatic rings. The van der Waals surface area contributed by atoms with E-state index in [1.54, 1.807) is 25.1 Å². The molecule has 0 spiro atoms. The zero-order chi connectivity index (χ0) is 29.3. The average Bonchev–Trinajstić information content (AvgIpc) is 2.94. The van der Waals surface area contributed by atoms with Crippen LogP contribution >= 0.6 is 23.2 Å². The second-order valence-corrected chi connectivity index (χ2v) is 12.3. The third-order valence-corrected chi connectivity index (χ3v) is 8.87. The van der Waals surface area contributed by atoms with Gasteiger partial charge in [0.1, 0.15) is 12.6 Å². The minimum Gasteiger partial charge on any atom is -0.354 e. The number of sulfonamides is 1. The summed E-state index contributed by atoms with van der Waals surface area (Å²) in [6.07, 6.45) is 2.21. The Hall–Kier alpha value is -3.07. The van der Waals surface area contributed by atoms with Crippen LogP contribution in [0.25, 0.3) is 0 Å². The highest BCUT2D eigenvalue weighted by molar-refractivity contribution is 7.92. The quantitative estimate of drug-likeness (QED) is 0.247. The normalized spacial score (nSPS) is 12.0. The van der Waals surface area contributed by atoms with Crippen LogP contribution in [0, 0.1) is 6.92 Å². The second-order valence-electron chi connectivity index (χ2n) is 9.56. The Kier molecular flexibility index (Phi) is 11.4. The molecule has 1 N–H and O–H groups in total. The van der Waals surface area contributed by atoms with Gasteiger partial charge in [-0.2, -0.15) is 0 Å².